The second-order valence-electron chi connectivity index (χ2n) is 2.60. The van der Waals surface area contributed by atoms with E-state index in [0.29, 0.717) is 5.56 Å². The Balaban J connectivity index is 3.42. The molecular formula is C8H9N3O. The quantitative estimate of drug-likeness (QED) is 0.575. The van der Waals surface area contributed by atoms with Crippen LogP contribution in [0.2, 0.25) is 0 Å². The van der Waals surface area contributed by atoms with Gasteiger partial charge < -0.3 is 0 Å². The van der Waals surface area contributed by atoms with Crippen LogP contribution in [0.3, 0.4) is 0 Å². The summed E-state index contributed by atoms with van der Waals surface area (Å²) in [6, 6.07) is 1.96. The fourth-order valence-electron chi connectivity index (χ4n) is 0.988. The number of nitriles is 1. The molecule has 1 rings (SSSR count). The SMILES string of the molecule is CC(=O)c1nn(C)c(C)c1C#N. The molecule has 0 aliphatic carbocycles. The van der Waals surface area contributed by atoms with Crippen LogP contribution < -0.4 is 0 Å². The van der Waals surface area contributed by atoms with E-state index in [-0.39, 0.29) is 11.5 Å². The van der Waals surface area contributed by atoms with E-state index in [1.807, 2.05) is 6.07 Å². The van der Waals surface area contributed by atoms with Crippen molar-refractivity contribution in [3.63, 3.8) is 0 Å². The lowest BCUT2D eigenvalue weighted by Crippen LogP contribution is -1.97. The molecule has 4 heteroatoms. The van der Waals surface area contributed by atoms with Gasteiger partial charge in [0.05, 0.1) is 5.69 Å². The molecule has 12 heavy (non-hydrogen) atoms. The predicted molar refractivity (Wildman–Crippen MR) is 42.7 cm³/mol. The Morgan fingerprint density at radius 2 is 2.25 bits per heavy atom. The molecule has 0 unspecified atom stereocenters. The van der Waals surface area contributed by atoms with Crippen LogP contribution >= 0.6 is 0 Å². The normalized spacial score (nSPS) is 9.50. The first-order valence-electron chi connectivity index (χ1n) is 3.52. The fraction of sp³-hybridized carbons (Fsp3) is 0.375. The molecule has 0 saturated carbocycles. The highest BCUT2D eigenvalue weighted by Crippen LogP contribution is 2.11. The summed E-state index contributed by atoms with van der Waals surface area (Å²) in [5.41, 5.74) is 1.37. The van der Waals surface area contributed by atoms with Crippen LogP contribution in [-0.4, -0.2) is 15.6 Å². The number of rotatable bonds is 1. The largest absolute Gasteiger partial charge is 0.293 e. The number of Topliss-reactive ketones (excluding diaryl/α,β-unsaturated/α-hetero) is 1. The van der Waals surface area contributed by atoms with Crippen LogP contribution in [0.25, 0.3) is 0 Å². The lowest BCUT2D eigenvalue weighted by molar-refractivity contribution is 0.101. The second kappa shape index (κ2) is 2.78. The Bertz CT molecular complexity index is 370. The third kappa shape index (κ3) is 1.10. The molecule has 1 heterocycles. The zero-order chi connectivity index (χ0) is 9.30. The van der Waals surface area contributed by atoms with E-state index >= 15 is 0 Å². The summed E-state index contributed by atoms with van der Waals surface area (Å²) in [5.74, 6) is -0.171. The van der Waals surface area contributed by atoms with Gasteiger partial charge in [0.1, 0.15) is 17.3 Å². The van der Waals surface area contributed by atoms with E-state index in [9.17, 15) is 4.79 Å². The van der Waals surface area contributed by atoms with Crippen molar-refractivity contribution in [3.8, 4) is 6.07 Å². The first-order valence-corrected chi connectivity index (χ1v) is 3.52. The smallest absolute Gasteiger partial charge is 0.181 e. The van der Waals surface area contributed by atoms with Crippen molar-refractivity contribution in [2.24, 2.45) is 7.05 Å². The zero-order valence-electron chi connectivity index (χ0n) is 7.25. The standard InChI is InChI=1S/C8H9N3O/c1-5-7(4-9)8(6(2)12)10-11(5)3/h1-3H3. The van der Waals surface area contributed by atoms with Gasteiger partial charge in [0.25, 0.3) is 0 Å². The molecule has 4 nitrogen and oxygen atoms in total. The average Bonchev–Trinajstić information content (AvgIpc) is 2.29. The molecule has 0 fully saturated rings. The number of hydrogen-bond donors (Lipinski definition) is 0. The molecule has 0 spiro atoms. The number of hydrogen-bond acceptors (Lipinski definition) is 3. The van der Waals surface area contributed by atoms with Gasteiger partial charge in [0.2, 0.25) is 0 Å². The number of ketones is 1. The van der Waals surface area contributed by atoms with Crippen LogP contribution in [0.15, 0.2) is 0 Å². The Kier molecular flexibility index (Phi) is 1.96. The summed E-state index contributed by atoms with van der Waals surface area (Å²) in [6.45, 7) is 3.17. The number of carbonyl (C=O) groups is 1. The van der Waals surface area contributed by atoms with E-state index in [1.165, 1.54) is 11.6 Å². The topological polar surface area (TPSA) is 58.7 Å². The minimum absolute atomic E-state index is 0.171. The number of aryl methyl sites for hydroxylation is 1. The molecule has 0 aliphatic heterocycles. The molecule has 0 aromatic carbocycles. The first kappa shape index (κ1) is 8.47. The van der Waals surface area contributed by atoms with E-state index in [1.54, 1.807) is 14.0 Å². The van der Waals surface area contributed by atoms with Crippen LogP contribution in [0.1, 0.15) is 28.7 Å². The molecule has 62 valence electrons. The Hall–Kier alpha value is -1.63. The Morgan fingerprint density at radius 3 is 2.58 bits per heavy atom. The van der Waals surface area contributed by atoms with Gasteiger partial charge in [-0.05, 0) is 6.92 Å². The van der Waals surface area contributed by atoms with E-state index in [4.69, 9.17) is 5.26 Å². The highest BCUT2D eigenvalue weighted by atomic mass is 16.1. The molecule has 0 amide bonds. The van der Waals surface area contributed by atoms with E-state index < -0.39 is 0 Å². The van der Waals surface area contributed by atoms with Crippen LogP contribution in [0, 0.1) is 18.3 Å². The van der Waals surface area contributed by atoms with E-state index in [0.717, 1.165) is 5.69 Å². The van der Waals surface area contributed by atoms with Gasteiger partial charge in [-0.1, -0.05) is 0 Å². The molecule has 0 radical (unpaired) electrons. The van der Waals surface area contributed by atoms with Gasteiger partial charge in [0, 0.05) is 14.0 Å². The molecular weight excluding hydrogens is 154 g/mol. The van der Waals surface area contributed by atoms with E-state index in [2.05, 4.69) is 5.10 Å². The highest BCUT2D eigenvalue weighted by Gasteiger charge is 2.15. The maximum absolute atomic E-state index is 11.0. The van der Waals surface area contributed by atoms with Gasteiger partial charge >= 0.3 is 0 Å². The summed E-state index contributed by atoms with van der Waals surface area (Å²) >= 11 is 0. The molecule has 1 aromatic heterocycles. The number of nitrogens with zero attached hydrogens (tertiary/aromatic N) is 3. The minimum Gasteiger partial charge on any atom is -0.293 e. The molecule has 0 bridgehead atoms. The van der Waals surface area contributed by atoms with Crippen LogP contribution in [-0.2, 0) is 7.05 Å². The second-order valence-corrected chi connectivity index (χ2v) is 2.60. The number of carbonyl (C=O) groups excluding carboxylic acids is 1. The first-order chi connectivity index (χ1) is 5.57. The van der Waals surface area contributed by atoms with Gasteiger partial charge in [-0.25, -0.2) is 0 Å². The summed E-state index contributed by atoms with van der Waals surface area (Å²) in [7, 11) is 1.71. The summed E-state index contributed by atoms with van der Waals surface area (Å²) in [5, 5.41) is 12.6. The summed E-state index contributed by atoms with van der Waals surface area (Å²) in [6.07, 6.45) is 0. The number of aromatic nitrogens is 2. The van der Waals surface area contributed by atoms with Crippen molar-refractivity contribution in [1.82, 2.24) is 9.78 Å². The van der Waals surface area contributed by atoms with Crippen molar-refractivity contribution in [1.29, 1.82) is 5.26 Å². The lowest BCUT2D eigenvalue weighted by Gasteiger charge is -1.89. The van der Waals surface area contributed by atoms with Crippen molar-refractivity contribution in [3.05, 3.63) is 17.0 Å². The molecule has 0 saturated heterocycles. The summed E-state index contributed by atoms with van der Waals surface area (Å²) in [4.78, 5) is 11.0. The molecule has 0 N–H and O–H groups in total. The molecule has 1 aromatic rings. The van der Waals surface area contributed by atoms with Crippen molar-refractivity contribution >= 4 is 5.78 Å². The van der Waals surface area contributed by atoms with Gasteiger partial charge in [-0.2, -0.15) is 10.4 Å². The fourth-order valence-corrected chi connectivity index (χ4v) is 0.988. The minimum atomic E-state index is -0.171. The maximum atomic E-state index is 11.0. The third-order valence-corrected chi connectivity index (χ3v) is 1.78. The van der Waals surface area contributed by atoms with Gasteiger partial charge in [-0.15, -0.1) is 0 Å². The lowest BCUT2D eigenvalue weighted by atomic mass is 10.1. The van der Waals surface area contributed by atoms with Gasteiger partial charge in [-0.3, -0.25) is 9.48 Å². The van der Waals surface area contributed by atoms with Crippen molar-refractivity contribution < 1.29 is 4.79 Å². The zero-order valence-corrected chi connectivity index (χ0v) is 7.25. The van der Waals surface area contributed by atoms with Crippen molar-refractivity contribution in [2.45, 2.75) is 13.8 Å². The van der Waals surface area contributed by atoms with Crippen LogP contribution in [0.5, 0.6) is 0 Å². The monoisotopic (exact) mass is 163 g/mol. The Morgan fingerprint density at radius 1 is 1.67 bits per heavy atom. The summed E-state index contributed by atoms with van der Waals surface area (Å²) < 4.78 is 1.54. The van der Waals surface area contributed by atoms with Crippen LogP contribution in [0.4, 0.5) is 0 Å². The maximum Gasteiger partial charge on any atom is 0.181 e. The predicted octanol–water partition coefficient (Wildman–Crippen LogP) is 0.803. The third-order valence-electron chi connectivity index (χ3n) is 1.78. The highest BCUT2D eigenvalue weighted by molar-refractivity contribution is 5.94. The average molecular weight is 163 g/mol. The molecule has 0 atom stereocenters. The Labute approximate surface area is 70.4 Å². The van der Waals surface area contributed by atoms with Gasteiger partial charge in [0.15, 0.2) is 5.78 Å². The van der Waals surface area contributed by atoms with Crippen molar-refractivity contribution in [2.75, 3.05) is 0 Å². The molecule has 0 aliphatic rings.